The molecule has 2 rings (SSSR count). The SMILES string of the molecule is O=Cc1ccc(OCC(=O)NCc2cccs2)cc1. The van der Waals surface area contributed by atoms with E-state index in [-0.39, 0.29) is 12.5 Å². The van der Waals surface area contributed by atoms with Crippen molar-refractivity contribution in [3.05, 3.63) is 52.2 Å². The van der Waals surface area contributed by atoms with Crippen LogP contribution in [0.3, 0.4) is 0 Å². The molecule has 1 heterocycles. The third-order valence-electron chi connectivity index (χ3n) is 2.43. The number of thiophene rings is 1. The van der Waals surface area contributed by atoms with E-state index in [0.717, 1.165) is 11.2 Å². The lowest BCUT2D eigenvalue weighted by Gasteiger charge is -2.06. The van der Waals surface area contributed by atoms with E-state index in [1.165, 1.54) is 0 Å². The molecule has 1 N–H and O–H groups in total. The van der Waals surface area contributed by atoms with Crippen LogP contribution in [0.2, 0.25) is 0 Å². The van der Waals surface area contributed by atoms with Gasteiger partial charge in [-0.25, -0.2) is 0 Å². The minimum atomic E-state index is -0.173. The Bertz CT molecular complexity index is 534. The Hall–Kier alpha value is -2.14. The van der Waals surface area contributed by atoms with Crippen LogP contribution in [-0.4, -0.2) is 18.8 Å². The quantitative estimate of drug-likeness (QED) is 0.823. The number of nitrogens with one attached hydrogen (secondary N) is 1. The minimum Gasteiger partial charge on any atom is -0.484 e. The molecule has 2 aromatic rings. The maximum Gasteiger partial charge on any atom is 0.258 e. The van der Waals surface area contributed by atoms with Gasteiger partial charge in [0.05, 0.1) is 6.54 Å². The molecule has 0 radical (unpaired) electrons. The number of amides is 1. The molecular weight excluding hydrogens is 262 g/mol. The van der Waals surface area contributed by atoms with E-state index in [0.29, 0.717) is 17.9 Å². The number of ether oxygens (including phenoxy) is 1. The van der Waals surface area contributed by atoms with Crippen LogP contribution in [0.25, 0.3) is 0 Å². The number of rotatable bonds is 6. The fraction of sp³-hybridized carbons (Fsp3) is 0.143. The van der Waals surface area contributed by atoms with E-state index < -0.39 is 0 Å². The molecule has 1 aromatic heterocycles. The Kier molecular flexibility index (Phi) is 4.69. The summed E-state index contributed by atoms with van der Waals surface area (Å²) in [5, 5.41) is 4.73. The first kappa shape index (κ1) is 13.3. The van der Waals surface area contributed by atoms with Crippen molar-refractivity contribution in [2.24, 2.45) is 0 Å². The van der Waals surface area contributed by atoms with Crippen LogP contribution in [0, 0.1) is 0 Å². The van der Waals surface area contributed by atoms with Crippen LogP contribution in [0.4, 0.5) is 0 Å². The molecule has 1 aromatic carbocycles. The molecule has 1 amide bonds. The van der Waals surface area contributed by atoms with Crippen LogP contribution in [0.5, 0.6) is 5.75 Å². The zero-order valence-corrected chi connectivity index (χ0v) is 11.0. The molecule has 0 aliphatic rings. The summed E-state index contributed by atoms with van der Waals surface area (Å²) in [6.07, 6.45) is 0.761. The highest BCUT2D eigenvalue weighted by Crippen LogP contribution is 2.11. The van der Waals surface area contributed by atoms with Crippen LogP contribution in [0.1, 0.15) is 15.2 Å². The van der Waals surface area contributed by atoms with Crippen LogP contribution >= 0.6 is 11.3 Å². The Morgan fingerprint density at radius 2 is 2.05 bits per heavy atom. The van der Waals surface area contributed by atoms with E-state index in [1.807, 2.05) is 17.5 Å². The lowest BCUT2D eigenvalue weighted by molar-refractivity contribution is -0.123. The second kappa shape index (κ2) is 6.70. The Morgan fingerprint density at radius 1 is 1.26 bits per heavy atom. The molecule has 0 atom stereocenters. The Morgan fingerprint density at radius 3 is 2.68 bits per heavy atom. The van der Waals surface area contributed by atoms with Gasteiger partial charge in [-0.05, 0) is 35.7 Å². The normalized spacial score (nSPS) is 9.89. The third kappa shape index (κ3) is 4.22. The predicted molar refractivity (Wildman–Crippen MR) is 73.5 cm³/mol. The molecule has 0 bridgehead atoms. The summed E-state index contributed by atoms with van der Waals surface area (Å²) in [6.45, 7) is 0.482. The van der Waals surface area contributed by atoms with Gasteiger partial charge < -0.3 is 10.1 Å². The second-order valence-corrected chi connectivity index (χ2v) is 4.86. The van der Waals surface area contributed by atoms with Crippen molar-refractivity contribution in [1.82, 2.24) is 5.32 Å². The highest BCUT2D eigenvalue weighted by Gasteiger charge is 2.03. The largest absolute Gasteiger partial charge is 0.484 e. The molecule has 19 heavy (non-hydrogen) atoms. The van der Waals surface area contributed by atoms with Crippen molar-refractivity contribution in [2.45, 2.75) is 6.54 Å². The van der Waals surface area contributed by atoms with E-state index >= 15 is 0 Å². The van der Waals surface area contributed by atoms with E-state index in [4.69, 9.17) is 4.74 Å². The maximum absolute atomic E-state index is 11.5. The lowest BCUT2D eigenvalue weighted by atomic mass is 10.2. The first-order valence-corrected chi connectivity index (χ1v) is 6.63. The monoisotopic (exact) mass is 275 g/mol. The molecule has 0 unspecified atom stereocenters. The summed E-state index contributed by atoms with van der Waals surface area (Å²) in [5.74, 6) is 0.393. The highest BCUT2D eigenvalue weighted by atomic mass is 32.1. The average molecular weight is 275 g/mol. The standard InChI is InChI=1S/C14H13NO3S/c16-9-11-3-5-12(6-4-11)18-10-14(17)15-8-13-2-1-7-19-13/h1-7,9H,8,10H2,(H,15,17). The summed E-state index contributed by atoms with van der Waals surface area (Å²) in [4.78, 5) is 23.1. The van der Waals surface area contributed by atoms with E-state index in [1.54, 1.807) is 35.6 Å². The smallest absolute Gasteiger partial charge is 0.258 e. The number of carbonyl (C=O) groups is 2. The van der Waals surface area contributed by atoms with Crippen LogP contribution < -0.4 is 10.1 Å². The van der Waals surface area contributed by atoms with Gasteiger partial charge in [0.25, 0.3) is 5.91 Å². The van der Waals surface area contributed by atoms with E-state index in [2.05, 4.69) is 5.32 Å². The van der Waals surface area contributed by atoms with Gasteiger partial charge in [0, 0.05) is 10.4 Å². The second-order valence-electron chi connectivity index (χ2n) is 3.83. The number of hydrogen-bond donors (Lipinski definition) is 1. The fourth-order valence-corrected chi connectivity index (χ4v) is 2.09. The van der Waals surface area contributed by atoms with Crippen molar-refractivity contribution in [2.75, 3.05) is 6.61 Å². The first-order valence-electron chi connectivity index (χ1n) is 5.75. The Labute approximate surface area is 115 Å². The molecule has 4 nitrogen and oxygen atoms in total. The number of carbonyl (C=O) groups excluding carboxylic acids is 2. The topological polar surface area (TPSA) is 55.4 Å². The molecular formula is C14H13NO3S. The molecule has 98 valence electrons. The van der Waals surface area contributed by atoms with Gasteiger partial charge in [0.1, 0.15) is 12.0 Å². The number of benzene rings is 1. The summed E-state index contributed by atoms with van der Waals surface area (Å²) >= 11 is 1.59. The third-order valence-corrected chi connectivity index (χ3v) is 3.30. The number of aldehydes is 1. The van der Waals surface area contributed by atoms with Crippen LogP contribution in [0.15, 0.2) is 41.8 Å². The van der Waals surface area contributed by atoms with Gasteiger partial charge in [-0.1, -0.05) is 6.07 Å². The maximum atomic E-state index is 11.5. The zero-order chi connectivity index (χ0) is 13.5. The van der Waals surface area contributed by atoms with Crippen molar-refractivity contribution in [1.29, 1.82) is 0 Å². The highest BCUT2D eigenvalue weighted by molar-refractivity contribution is 7.09. The average Bonchev–Trinajstić information content (AvgIpc) is 2.96. The molecule has 0 aliphatic carbocycles. The van der Waals surface area contributed by atoms with Crippen molar-refractivity contribution >= 4 is 23.5 Å². The minimum absolute atomic E-state index is 0.0359. The summed E-state index contributed by atoms with van der Waals surface area (Å²) in [5.41, 5.74) is 0.578. The predicted octanol–water partition coefficient (Wildman–Crippen LogP) is 2.26. The van der Waals surface area contributed by atoms with Crippen molar-refractivity contribution < 1.29 is 14.3 Å². The molecule has 5 heteroatoms. The first-order chi connectivity index (χ1) is 9.28. The fourth-order valence-electron chi connectivity index (χ4n) is 1.44. The van der Waals surface area contributed by atoms with Crippen LogP contribution in [-0.2, 0) is 11.3 Å². The van der Waals surface area contributed by atoms with Gasteiger partial charge in [0.15, 0.2) is 6.61 Å². The molecule has 0 saturated carbocycles. The summed E-state index contributed by atoms with van der Waals surface area (Å²) in [6, 6.07) is 10.5. The van der Waals surface area contributed by atoms with Gasteiger partial charge >= 0.3 is 0 Å². The lowest BCUT2D eigenvalue weighted by Crippen LogP contribution is -2.28. The van der Waals surface area contributed by atoms with Gasteiger partial charge in [-0.3, -0.25) is 9.59 Å². The molecule has 0 aliphatic heterocycles. The van der Waals surface area contributed by atoms with Crippen molar-refractivity contribution in [3.8, 4) is 5.75 Å². The number of hydrogen-bond acceptors (Lipinski definition) is 4. The van der Waals surface area contributed by atoms with E-state index in [9.17, 15) is 9.59 Å². The van der Waals surface area contributed by atoms with Gasteiger partial charge in [0.2, 0.25) is 0 Å². The summed E-state index contributed by atoms with van der Waals surface area (Å²) < 4.78 is 5.31. The molecule has 0 fully saturated rings. The van der Waals surface area contributed by atoms with Crippen molar-refractivity contribution in [3.63, 3.8) is 0 Å². The zero-order valence-electron chi connectivity index (χ0n) is 10.2. The molecule has 0 saturated heterocycles. The van der Waals surface area contributed by atoms with Gasteiger partial charge in [-0.15, -0.1) is 11.3 Å². The molecule has 0 spiro atoms. The Balaban J connectivity index is 1.74. The summed E-state index contributed by atoms with van der Waals surface area (Å²) in [7, 11) is 0. The van der Waals surface area contributed by atoms with Gasteiger partial charge in [-0.2, -0.15) is 0 Å².